The van der Waals surface area contributed by atoms with Crippen LogP contribution in [0.1, 0.15) is 50.0 Å². The minimum Gasteiger partial charge on any atom is -0.390 e. The van der Waals surface area contributed by atoms with E-state index in [9.17, 15) is 27.9 Å². The number of hydrogen-bond donors (Lipinski definition) is 3. The van der Waals surface area contributed by atoms with E-state index < -0.39 is 28.9 Å². The first-order valence-corrected chi connectivity index (χ1v) is 10.1. The number of benzene rings is 1. The summed E-state index contributed by atoms with van der Waals surface area (Å²) >= 11 is 0. The number of alkyl halides is 3. The average Bonchev–Trinajstić information content (AvgIpc) is 3.00. The number of carbonyl (C=O) groups is 1. The summed E-state index contributed by atoms with van der Waals surface area (Å²) in [6.07, 6.45) is -3.54. The van der Waals surface area contributed by atoms with Crippen LogP contribution in [0.2, 0.25) is 0 Å². The van der Waals surface area contributed by atoms with Gasteiger partial charge in [0.15, 0.2) is 0 Å². The Balaban J connectivity index is 1.96. The van der Waals surface area contributed by atoms with Gasteiger partial charge in [0.1, 0.15) is 5.82 Å². The minimum atomic E-state index is -4.54. The number of pyridine rings is 1. The van der Waals surface area contributed by atoms with E-state index in [1.165, 1.54) is 6.07 Å². The molecule has 172 valence electrons. The number of fused-ring (bicyclic) bond motifs is 1. The summed E-state index contributed by atoms with van der Waals surface area (Å²) in [5.41, 5.74) is -1.52. The highest BCUT2D eigenvalue weighted by atomic mass is 19.4. The van der Waals surface area contributed by atoms with Crippen LogP contribution >= 0.6 is 0 Å². The van der Waals surface area contributed by atoms with Crippen LogP contribution < -0.4 is 11.0 Å². The predicted molar refractivity (Wildman–Crippen MR) is 114 cm³/mol. The molecule has 1 aromatic carbocycles. The minimum absolute atomic E-state index is 0.00565. The maximum atomic E-state index is 12.9. The van der Waals surface area contributed by atoms with Crippen molar-refractivity contribution in [1.29, 1.82) is 0 Å². The molecule has 0 aliphatic heterocycles. The van der Waals surface area contributed by atoms with Crippen LogP contribution in [0.15, 0.2) is 41.3 Å². The molecule has 0 aliphatic rings. The summed E-state index contributed by atoms with van der Waals surface area (Å²) in [7, 11) is 0. The van der Waals surface area contributed by atoms with Crippen molar-refractivity contribution in [2.24, 2.45) is 5.92 Å². The standard InChI is InChI=1S/C22H25F3N4O3/c1-12(2)16(10-21(3,4)32)27-19(30)13-5-7-15-17(9-13)29(20(31)28-15)18-8-6-14(11-26-18)22(23,24)25/h5-9,11-12,16,32H,10H2,1-4H3,(H,27,30)(H,28,31). The molecule has 3 aromatic rings. The molecule has 10 heteroatoms. The van der Waals surface area contributed by atoms with Crippen molar-refractivity contribution in [2.45, 2.75) is 51.9 Å². The van der Waals surface area contributed by atoms with Crippen molar-refractivity contribution in [2.75, 3.05) is 0 Å². The first-order valence-electron chi connectivity index (χ1n) is 10.1. The third-order valence-electron chi connectivity index (χ3n) is 5.09. The zero-order chi connectivity index (χ0) is 23.8. The molecule has 7 nitrogen and oxygen atoms in total. The highest BCUT2D eigenvalue weighted by molar-refractivity contribution is 5.97. The van der Waals surface area contributed by atoms with Crippen LogP contribution in [-0.4, -0.2) is 37.2 Å². The number of carbonyl (C=O) groups excluding carboxylic acids is 1. The van der Waals surface area contributed by atoms with E-state index >= 15 is 0 Å². The molecule has 0 aliphatic carbocycles. The predicted octanol–water partition coefficient (Wildman–Crippen LogP) is 3.65. The lowest BCUT2D eigenvalue weighted by molar-refractivity contribution is -0.137. The number of aromatic amines is 1. The molecule has 1 atom stereocenters. The van der Waals surface area contributed by atoms with Gasteiger partial charge in [0.2, 0.25) is 0 Å². The van der Waals surface area contributed by atoms with Gasteiger partial charge in [0.05, 0.1) is 22.2 Å². The number of H-pyrrole nitrogens is 1. The molecule has 2 aromatic heterocycles. The van der Waals surface area contributed by atoms with Crippen molar-refractivity contribution in [3.8, 4) is 5.82 Å². The number of imidazole rings is 1. The second-order valence-electron chi connectivity index (χ2n) is 8.74. The summed E-state index contributed by atoms with van der Waals surface area (Å²) < 4.78 is 39.6. The quantitative estimate of drug-likeness (QED) is 0.534. The molecule has 0 saturated heterocycles. The first kappa shape index (κ1) is 23.5. The second kappa shape index (κ2) is 8.42. The van der Waals surface area contributed by atoms with Crippen molar-refractivity contribution in [3.05, 3.63) is 58.1 Å². The van der Waals surface area contributed by atoms with Gasteiger partial charge in [-0.2, -0.15) is 13.2 Å². The first-order chi connectivity index (χ1) is 14.8. The fraction of sp³-hybridized carbons (Fsp3) is 0.409. The van der Waals surface area contributed by atoms with Crippen LogP contribution in [0.4, 0.5) is 13.2 Å². The third-order valence-corrected chi connectivity index (χ3v) is 5.09. The number of nitrogens with zero attached hydrogens (tertiary/aromatic N) is 2. The number of rotatable bonds is 6. The number of nitrogens with one attached hydrogen (secondary N) is 2. The summed E-state index contributed by atoms with van der Waals surface area (Å²) in [6.45, 7) is 7.19. The highest BCUT2D eigenvalue weighted by Crippen LogP contribution is 2.29. The lowest BCUT2D eigenvalue weighted by Gasteiger charge is -2.28. The summed E-state index contributed by atoms with van der Waals surface area (Å²) in [5.74, 6) is -0.333. The van der Waals surface area contributed by atoms with Gasteiger partial charge >= 0.3 is 11.9 Å². The fourth-order valence-electron chi connectivity index (χ4n) is 3.40. The Morgan fingerprint density at radius 2 is 1.91 bits per heavy atom. The Labute approximate surface area is 182 Å². The molecule has 0 spiro atoms. The fourth-order valence-corrected chi connectivity index (χ4v) is 3.40. The summed E-state index contributed by atoms with van der Waals surface area (Å²) in [5, 5.41) is 13.0. The van der Waals surface area contributed by atoms with Crippen LogP contribution in [-0.2, 0) is 6.18 Å². The zero-order valence-corrected chi connectivity index (χ0v) is 18.1. The molecule has 0 bridgehead atoms. The molecule has 2 heterocycles. The van der Waals surface area contributed by atoms with Gasteiger partial charge in [-0.05, 0) is 56.5 Å². The smallest absolute Gasteiger partial charge is 0.390 e. The Kier molecular flexibility index (Phi) is 6.19. The van der Waals surface area contributed by atoms with Crippen LogP contribution in [0.5, 0.6) is 0 Å². The monoisotopic (exact) mass is 450 g/mol. The Hall–Kier alpha value is -3.14. The maximum absolute atomic E-state index is 12.9. The van der Waals surface area contributed by atoms with Gasteiger partial charge in [-0.3, -0.25) is 4.79 Å². The lowest BCUT2D eigenvalue weighted by Crippen LogP contribution is -2.43. The average molecular weight is 450 g/mol. The van der Waals surface area contributed by atoms with Crippen molar-refractivity contribution >= 4 is 16.9 Å². The van der Waals surface area contributed by atoms with Gasteiger partial charge in [-0.25, -0.2) is 14.3 Å². The van der Waals surface area contributed by atoms with Gasteiger partial charge in [0.25, 0.3) is 5.91 Å². The van der Waals surface area contributed by atoms with Gasteiger partial charge in [-0.15, -0.1) is 0 Å². The lowest BCUT2D eigenvalue weighted by atomic mass is 9.91. The van der Waals surface area contributed by atoms with E-state index in [2.05, 4.69) is 15.3 Å². The summed E-state index contributed by atoms with van der Waals surface area (Å²) in [4.78, 5) is 31.7. The van der Waals surface area contributed by atoms with Crippen molar-refractivity contribution < 1.29 is 23.1 Å². The molecular weight excluding hydrogens is 425 g/mol. The molecule has 3 rings (SSSR count). The molecule has 0 fully saturated rings. The molecule has 32 heavy (non-hydrogen) atoms. The van der Waals surface area contributed by atoms with Crippen molar-refractivity contribution in [1.82, 2.24) is 19.9 Å². The molecule has 0 saturated carbocycles. The number of aliphatic hydroxyl groups is 1. The topological polar surface area (TPSA) is 100 Å². The number of halogens is 3. The molecule has 1 amide bonds. The van der Waals surface area contributed by atoms with Gasteiger partial charge in [0, 0.05) is 17.8 Å². The van der Waals surface area contributed by atoms with E-state index in [4.69, 9.17) is 0 Å². The maximum Gasteiger partial charge on any atom is 0.417 e. The summed E-state index contributed by atoms with van der Waals surface area (Å²) in [6, 6.07) is 6.22. The highest BCUT2D eigenvalue weighted by Gasteiger charge is 2.31. The SMILES string of the molecule is CC(C)C(CC(C)(C)O)NC(=O)c1ccc2[nH]c(=O)n(-c3ccc(C(F)(F)F)cn3)c2c1. The molecule has 0 radical (unpaired) electrons. The van der Waals surface area contributed by atoms with E-state index in [1.807, 2.05) is 13.8 Å². The Morgan fingerprint density at radius 1 is 1.22 bits per heavy atom. The van der Waals surface area contributed by atoms with E-state index in [1.54, 1.807) is 26.0 Å². The largest absolute Gasteiger partial charge is 0.417 e. The molecule has 1 unspecified atom stereocenters. The van der Waals surface area contributed by atoms with Crippen molar-refractivity contribution in [3.63, 3.8) is 0 Å². The molecular formula is C22H25F3N4O3. The number of hydrogen-bond acceptors (Lipinski definition) is 4. The Bertz CT molecular complexity index is 1170. The molecule has 3 N–H and O–H groups in total. The van der Waals surface area contributed by atoms with Crippen LogP contribution in [0.3, 0.4) is 0 Å². The Morgan fingerprint density at radius 3 is 2.44 bits per heavy atom. The van der Waals surface area contributed by atoms with Crippen LogP contribution in [0, 0.1) is 5.92 Å². The van der Waals surface area contributed by atoms with Gasteiger partial charge in [-0.1, -0.05) is 13.8 Å². The third kappa shape index (κ3) is 5.18. The van der Waals surface area contributed by atoms with Gasteiger partial charge < -0.3 is 15.4 Å². The van der Waals surface area contributed by atoms with E-state index in [0.717, 1.165) is 16.7 Å². The zero-order valence-electron chi connectivity index (χ0n) is 18.1. The van der Waals surface area contributed by atoms with Crippen LogP contribution in [0.25, 0.3) is 16.9 Å². The number of aromatic nitrogens is 3. The number of amides is 1. The van der Waals surface area contributed by atoms with E-state index in [-0.39, 0.29) is 23.3 Å². The van der Waals surface area contributed by atoms with E-state index in [0.29, 0.717) is 23.7 Å². The second-order valence-corrected chi connectivity index (χ2v) is 8.74. The normalized spacial score (nSPS) is 13.5.